The summed E-state index contributed by atoms with van der Waals surface area (Å²) >= 11 is 0. The van der Waals surface area contributed by atoms with E-state index in [0.717, 1.165) is 22.9 Å². The summed E-state index contributed by atoms with van der Waals surface area (Å²) < 4.78 is 0. The number of hydrogen-bond donors (Lipinski definition) is 0. The molecule has 3 rings (SSSR count). The number of allylic oxidation sites excluding steroid dienone is 2. The highest BCUT2D eigenvalue weighted by Crippen LogP contribution is 2.34. The van der Waals surface area contributed by atoms with Crippen LogP contribution in [0, 0.1) is 12.0 Å². The van der Waals surface area contributed by atoms with Gasteiger partial charge in [0, 0.05) is 31.3 Å². The second-order valence-electron chi connectivity index (χ2n) is 6.77. The molecule has 2 nitrogen and oxygen atoms in total. The molecule has 0 saturated heterocycles. The zero-order chi connectivity index (χ0) is 15.6. The fourth-order valence-electron chi connectivity index (χ4n) is 3.10. The summed E-state index contributed by atoms with van der Waals surface area (Å²) in [4.78, 5) is 9.21. The minimum Gasteiger partial charge on any atom is -0.256 e. The summed E-state index contributed by atoms with van der Waals surface area (Å²) in [6.07, 6.45) is 7.74. The Morgan fingerprint density at radius 1 is 1.23 bits per heavy atom. The minimum atomic E-state index is -0.0818. The molecule has 0 spiro atoms. The molecule has 1 heterocycles. The number of benzene rings is 1. The third kappa shape index (κ3) is 3.04. The fraction of sp³-hybridized carbons (Fsp3) is 0.400. The number of para-hydroxylation sites is 1. The van der Waals surface area contributed by atoms with Crippen molar-refractivity contribution in [1.29, 1.82) is 0 Å². The lowest BCUT2D eigenvalue weighted by Gasteiger charge is -2.23. The van der Waals surface area contributed by atoms with E-state index in [-0.39, 0.29) is 5.54 Å². The lowest BCUT2D eigenvalue weighted by Crippen LogP contribution is -2.28. The van der Waals surface area contributed by atoms with Crippen molar-refractivity contribution >= 4 is 10.9 Å². The molecule has 1 aromatic carbocycles. The normalized spacial score (nSPS) is 18.5. The molecule has 0 bridgehead atoms. The molecule has 1 aliphatic carbocycles. The van der Waals surface area contributed by atoms with Gasteiger partial charge in [0.1, 0.15) is 5.56 Å². The number of nitrogens with zero attached hydrogens (tertiary/aromatic N) is 2. The number of rotatable bonds is 1. The molecule has 0 aliphatic heterocycles. The van der Waals surface area contributed by atoms with E-state index in [1.165, 1.54) is 18.4 Å². The highest BCUT2D eigenvalue weighted by atomic mass is 14.8. The van der Waals surface area contributed by atoms with Gasteiger partial charge < -0.3 is 0 Å². The van der Waals surface area contributed by atoms with Crippen molar-refractivity contribution in [2.45, 2.75) is 45.6 Å². The van der Waals surface area contributed by atoms with Crippen LogP contribution < -0.4 is 0 Å². The van der Waals surface area contributed by atoms with Crippen molar-refractivity contribution in [2.24, 2.45) is 5.92 Å². The molecule has 2 heteroatoms. The Morgan fingerprint density at radius 3 is 2.82 bits per heavy atom. The molecule has 1 aliphatic rings. The monoisotopic (exact) mass is 291 g/mol. The Labute approximate surface area is 132 Å². The Kier molecular flexibility index (Phi) is 3.98. The largest absolute Gasteiger partial charge is 0.312 e. The number of aromatic nitrogens is 1. The van der Waals surface area contributed by atoms with Crippen LogP contribution in [0.15, 0.2) is 48.2 Å². The first-order valence-corrected chi connectivity index (χ1v) is 8.03. The van der Waals surface area contributed by atoms with Crippen LogP contribution in [0.3, 0.4) is 0 Å². The van der Waals surface area contributed by atoms with Crippen LogP contribution in [0.25, 0.3) is 15.7 Å². The van der Waals surface area contributed by atoms with Gasteiger partial charge >= 0.3 is 6.07 Å². The lowest BCUT2D eigenvalue weighted by molar-refractivity contribution is 0.339. The van der Waals surface area contributed by atoms with Crippen LogP contribution in [0.5, 0.6) is 0 Å². The van der Waals surface area contributed by atoms with Gasteiger partial charge in [0.2, 0.25) is 0 Å². The van der Waals surface area contributed by atoms with Gasteiger partial charge in [-0.05, 0) is 38.3 Å². The summed E-state index contributed by atoms with van der Waals surface area (Å²) in [5.74, 6) is 0.594. The van der Waals surface area contributed by atoms with Crippen molar-refractivity contribution in [3.05, 3.63) is 58.6 Å². The topological polar surface area (TPSA) is 17.2 Å². The van der Waals surface area contributed by atoms with Crippen LogP contribution in [-0.4, -0.2) is 10.5 Å². The zero-order valence-corrected chi connectivity index (χ0v) is 13.6. The van der Waals surface area contributed by atoms with E-state index in [4.69, 9.17) is 4.85 Å². The maximum atomic E-state index is 4.82. The molecule has 112 valence electrons. The van der Waals surface area contributed by atoms with E-state index in [2.05, 4.69) is 44.0 Å². The summed E-state index contributed by atoms with van der Waals surface area (Å²) in [5, 5.41) is 1.11. The first-order chi connectivity index (χ1) is 10.6. The molecule has 1 atom stereocenters. The van der Waals surface area contributed by atoms with Crippen molar-refractivity contribution in [2.75, 3.05) is 0 Å². The third-order valence-corrected chi connectivity index (χ3v) is 4.75. The van der Waals surface area contributed by atoms with Crippen molar-refractivity contribution < 1.29 is 0 Å². The van der Waals surface area contributed by atoms with Crippen molar-refractivity contribution in [1.82, 2.24) is 4.98 Å². The molecular weight excluding hydrogens is 268 g/mol. The first kappa shape index (κ1) is 14.8. The Balaban J connectivity index is 1.90. The Morgan fingerprint density at radius 2 is 2.05 bits per heavy atom. The predicted octanol–water partition coefficient (Wildman–Crippen LogP) is 5.44. The average molecular weight is 291 g/mol. The second-order valence-corrected chi connectivity index (χ2v) is 6.77. The molecule has 1 aromatic heterocycles. The Hall–Kier alpha value is -2.14. The van der Waals surface area contributed by atoms with Crippen molar-refractivity contribution in [3.8, 4) is 6.07 Å². The maximum absolute atomic E-state index is 4.82. The molecule has 0 saturated carbocycles. The standard InChI is InChI=1S/C20H23N2/c1-15-8-10-17(11-9-15)20(2,3)22-14-16-12-13-21-19-7-5-4-6-18(16)19/h4-8,12-13,17H,9-11H2,1-3H3/q+1/t17-/m1/s1. The van der Waals surface area contributed by atoms with E-state index in [1.807, 2.05) is 30.5 Å². The summed E-state index contributed by atoms with van der Waals surface area (Å²) in [7, 11) is 0. The molecule has 22 heavy (non-hydrogen) atoms. The summed E-state index contributed by atoms with van der Waals surface area (Å²) in [5.41, 5.74) is 3.46. The SMILES string of the molecule is CC1=CC[C@@H](C(C)(C)[N+]#Cc2ccnc3ccccc23)CC1. The van der Waals surface area contributed by atoms with Gasteiger partial charge in [-0.3, -0.25) is 4.98 Å². The quantitative estimate of drug-likeness (QED) is 0.639. The van der Waals surface area contributed by atoms with E-state index < -0.39 is 0 Å². The lowest BCUT2D eigenvalue weighted by atomic mass is 9.78. The van der Waals surface area contributed by atoms with Gasteiger partial charge in [-0.25, -0.2) is 0 Å². The highest BCUT2D eigenvalue weighted by Gasteiger charge is 2.39. The molecule has 0 fully saturated rings. The minimum absolute atomic E-state index is 0.0818. The fourth-order valence-corrected chi connectivity index (χ4v) is 3.10. The maximum Gasteiger partial charge on any atom is 0.312 e. The van der Waals surface area contributed by atoms with Gasteiger partial charge in [0.25, 0.3) is 5.54 Å². The number of hydrogen-bond acceptors (Lipinski definition) is 1. The second kappa shape index (κ2) is 5.93. The van der Waals surface area contributed by atoms with Crippen LogP contribution >= 0.6 is 0 Å². The van der Waals surface area contributed by atoms with Gasteiger partial charge in [0.05, 0.1) is 5.52 Å². The van der Waals surface area contributed by atoms with Gasteiger partial charge in [-0.1, -0.05) is 34.7 Å². The zero-order valence-electron chi connectivity index (χ0n) is 13.6. The molecule has 0 N–H and O–H groups in total. The first-order valence-electron chi connectivity index (χ1n) is 8.03. The van der Waals surface area contributed by atoms with Crippen LogP contribution in [0.1, 0.15) is 45.6 Å². The third-order valence-electron chi connectivity index (χ3n) is 4.75. The van der Waals surface area contributed by atoms with Crippen LogP contribution in [0.2, 0.25) is 0 Å². The van der Waals surface area contributed by atoms with Gasteiger partial charge in [0.15, 0.2) is 0 Å². The van der Waals surface area contributed by atoms with Gasteiger partial charge in [-0.15, -0.1) is 0 Å². The molecule has 2 aromatic rings. The average Bonchev–Trinajstić information content (AvgIpc) is 2.53. The number of pyridine rings is 1. The van der Waals surface area contributed by atoms with Crippen molar-refractivity contribution in [3.63, 3.8) is 0 Å². The summed E-state index contributed by atoms with van der Waals surface area (Å²) in [6, 6.07) is 13.5. The van der Waals surface area contributed by atoms with E-state index in [0.29, 0.717) is 5.92 Å². The van der Waals surface area contributed by atoms with E-state index >= 15 is 0 Å². The van der Waals surface area contributed by atoms with E-state index in [9.17, 15) is 0 Å². The smallest absolute Gasteiger partial charge is 0.256 e. The predicted molar refractivity (Wildman–Crippen MR) is 93.3 cm³/mol. The molecule has 0 amide bonds. The Bertz CT molecular complexity index is 770. The molecule has 0 unspecified atom stereocenters. The van der Waals surface area contributed by atoms with Gasteiger partial charge in [-0.2, -0.15) is 0 Å². The summed E-state index contributed by atoms with van der Waals surface area (Å²) in [6.45, 7) is 6.67. The highest BCUT2D eigenvalue weighted by molar-refractivity contribution is 5.84. The number of fused-ring (bicyclic) bond motifs is 1. The van der Waals surface area contributed by atoms with Crippen LogP contribution in [-0.2, 0) is 0 Å². The van der Waals surface area contributed by atoms with E-state index in [1.54, 1.807) is 0 Å². The molecule has 0 radical (unpaired) electrons. The molecular formula is C20H23N2+. The van der Waals surface area contributed by atoms with Crippen LogP contribution in [0.4, 0.5) is 0 Å².